The van der Waals surface area contributed by atoms with Crippen molar-refractivity contribution in [3.8, 4) is 0 Å². The van der Waals surface area contributed by atoms with Crippen LogP contribution in [0.2, 0.25) is 0 Å². The highest BCUT2D eigenvalue weighted by Crippen LogP contribution is 2.26. The Labute approximate surface area is 120 Å². The largest absolute Gasteiger partial charge is 0.378 e. The van der Waals surface area contributed by atoms with Gasteiger partial charge in [0.05, 0.1) is 11.6 Å². The van der Waals surface area contributed by atoms with Crippen LogP contribution < -0.4 is 5.73 Å². The quantitative estimate of drug-likeness (QED) is 0.903. The maximum absolute atomic E-state index is 6.38. The van der Waals surface area contributed by atoms with Gasteiger partial charge in [-0.15, -0.1) is 0 Å². The lowest BCUT2D eigenvalue weighted by atomic mass is 9.97. The first kappa shape index (κ1) is 13.5. The summed E-state index contributed by atoms with van der Waals surface area (Å²) >= 11 is 0. The topological polar surface area (TPSA) is 48.1 Å². The lowest BCUT2D eigenvalue weighted by Crippen LogP contribution is -2.12. The number of hydrogen-bond acceptors (Lipinski definition) is 3. The van der Waals surface area contributed by atoms with Gasteiger partial charge in [-0.1, -0.05) is 18.2 Å². The number of nitrogens with zero attached hydrogens (tertiary/aromatic N) is 1. The number of nitrogens with two attached hydrogens (primary N) is 1. The maximum Gasteiger partial charge on any atom is 0.0705 e. The Balaban J connectivity index is 1.64. The molecule has 0 radical (unpaired) electrons. The first-order valence-corrected chi connectivity index (χ1v) is 7.55. The fourth-order valence-electron chi connectivity index (χ4n) is 3.04. The van der Waals surface area contributed by atoms with Crippen LogP contribution in [0.3, 0.4) is 0 Å². The predicted molar refractivity (Wildman–Crippen MR) is 81.5 cm³/mol. The van der Waals surface area contributed by atoms with Gasteiger partial charge in [-0.2, -0.15) is 0 Å². The number of aromatic nitrogens is 1. The Kier molecular flexibility index (Phi) is 4.28. The molecular formula is C17H22N2O. The van der Waals surface area contributed by atoms with Gasteiger partial charge in [-0.25, -0.2) is 0 Å². The lowest BCUT2D eigenvalue weighted by molar-refractivity contribution is 0.101. The van der Waals surface area contributed by atoms with Gasteiger partial charge in [0.25, 0.3) is 0 Å². The molecule has 0 spiro atoms. The molecule has 2 atom stereocenters. The third kappa shape index (κ3) is 3.00. The zero-order chi connectivity index (χ0) is 13.8. The minimum Gasteiger partial charge on any atom is -0.378 e. The molecule has 2 aromatic rings. The van der Waals surface area contributed by atoms with Crippen molar-refractivity contribution < 1.29 is 4.74 Å². The van der Waals surface area contributed by atoms with Crippen molar-refractivity contribution in [1.29, 1.82) is 0 Å². The molecule has 2 unspecified atom stereocenters. The van der Waals surface area contributed by atoms with Crippen LogP contribution in [0.1, 0.15) is 43.7 Å². The van der Waals surface area contributed by atoms with Gasteiger partial charge in [0, 0.05) is 24.2 Å². The number of hydrogen-bond donors (Lipinski definition) is 1. The Bertz CT molecular complexity index is 558. The molecule has 1 saturated heterocycles. The third-order valence-electron chi connectivity index (χ3n) is 4.14. The summed E-state index contributed by atoms with van der Waals surface area (Å²) in [7, 11) is 0. The first-order chi connectivity index (χ1) is 9.84. The van der Waals surface area contributed by atoms with Crippen molar-refractivity contribution in [2.24, 2.45) is 5.73 Å². The van der Waals surface area contributed by atoms with Gasteiger partial charge in [0.15, 0.2) is 0 Å². The average molecular weight is 270 g/mol. The lowest BCUT2D eigenvalue weighted by Gasteiger charge is -2.15. The Morgan fingerprint density at radius 2 is 2.25 bits per heavy atom. The van der Waals surface area contributed by atoms with Gasteiger partial charge in [-0.05, 0) is 49.8 Å². The zero-order valence-corrected chi connectivity index (χ0v) is 11.8. The van der Waals surface area contributed by atoms with E-state index in [0.29, 0.717) is 6.10 Å². The van der Waals surface area contributed by atoms with Crippen molar-refractivity contribution in [2.45, 2.75) is 44.2 Å². The van der Waals surface area contributed by atoms with Crippen LogP contribution in [0.5, 0.6) is 0 Å². The van der Waals surface area contributed by atoms with E-state index in [4.69, 9.17) is 10.5 Å². The van der Waals surface area contributed by atoms with Gasteiger partial charge in [0.2, 0.25) is 0 Å². The molecule has 106 valence electrons. The van der Waals surface area contributed by atoms with Crippen molar-refractivity contribution in [3.05, 3.63) is 42.1 Å². The SMILES string of the molecule is NC(CCCC1CCCO1)c1cccc2ncccc12. The second-order valence-electron chi connectivity index (χ2n) is 5.59. The van der Waals surface area contributed by atoms with Crippen molar-refractivity contribution in [1.82, 2.24) is 4.98 Å². The maximum atomic E-state index is 6.38. The molecule has 3 heteroatoms. The number of benzene rings is 1. The van der Waals surface area contributed by atoms with E-state index >= 15 is 0 Å². The third-order valence-corrected chi connectivity index (χ3v) is 4.14. The minimum absolute atomic E-state index is 0.0873. The number of fused-ring (bicyclic) bond motifs is 1. The minimum atomic E-state index is 0.0873. The molecule has 1 aliphatic rings. The number of pyridine rings is 1. The zero-order valence-electron chi connectivity index (χ0n) is 11.8. The van der Waals surface area contributed by atoms with E-state index in [0.717, 1.165) is 31.4 Å². The smallest absolute Gasteiger partial charge is 0.0705 e. The van der Waals surface area contributed by atoms with E-state index < -0.39 is 0 Å². The van der Waals surface area contributed by atoms with Gasteiger partial charge in [0.1, 0.15) is 0 Å². The Morgan fingerprint density at radius 3 is 3.10 bits per heavy atom. The standard InChI is InChI=1S/C17H22N2O/c18-16(9-1-5-13-6-4-12-20-13)14-7-2-10-17-15(14)8-3-11-19-17/h2-3,7-8,10-11,13,16H,1,4-6,9,12,18H2. The molecule has 1 aromatic heterocycles. The fourth-order valence-corrected chi connectivity index (χ4v) is 3.04. The summed E-state index contributed by atoms with van der Waals surface area (Å²) in [5, 5.41) is 1.18. The molecule has 0 aliphatic carbocycles. The summed E-state index contributed by atoms with van der Waals surface area (Å²) in [6, 6.07) is 10.4. The normalized spacial score (nSPS) is 20.4. The molecule has 1 fully saturated rings. The van der Waals surface area contributed by atoms with Gasteiger partial charge in [-0.3, -0.25) is 4.98 Å². The van der Waals surface area contributed by atoms with Crippen LogP contribution in [0.15, 0.2) is 36.5 Å². The summed E-state index contributed by atoms with van der Waals surface area (Å²) < 4.78 is 5.66. The molecule has 3 nitrogen and oxygen atoms in total. The molecule has 1 aromatic carbocycles. The molecule has 2 heterocycles. The van der Waals surface area contributed by atoms with Crippen LogP contribution in [-0.2, 0) is 4.74 Å². The van der Waals surface area contributed by atoms with Crippen LogP contribution in [-0.4, -0.2) is 17.7 Å². The van der Waals surface area contributed by atoms with Crippen LogP contribution in [0, 0.1) is 0 Å². The van der Waals surface area contributed by atoms with Crippen LogP contribution in [0.25, 0.3) is 10.9 Å². The average Bonchev–Trinajstić information content (AvgIpc) is 3.00. The monoisotopic (exact) mass is 270 g/mol. The van der Waals surface area contributed by atoms with E-state index in [1.807, 2.05) is 24.4 Å². The predicted octanol–water partition coefficient (Wildman–Crippen LogP) is 3.58. The van der Waals surface area contributed by atoms with Crippen LogP contribution >= 0.6 is 0 Å². The summed E-state index contributed by atoms with van der Waals surface area (Å²) in [5.74, 6) is 0. The molecule has 2 N–H and O–H groups in total. The summed E-state index contributed by atoms with van der Waals surface area (Å²) in [4.78, 5) is 4.39. The molecule has 0 bridgehead atoms. The van der Waals surface area contributed by atoms with E-state index in [1.54, 1.807) is 0 Å². The van der Waals surface area contributed by atoms with Crippen molar-refractivity contribution in [2.75, 3.05) is 6.61 Å². The van der Waals surface area contributed by atoms with Gasteiger partial charge < -0.3 is 10.5 Å². The number of rotatable bonds is 5. The fraction of sp³-hybridized carbons (Fsp3) is 0.471. The summed E-state index contributed by atoms with van der Waals surface area (Å²) in [5.41, 5.74) is 8.62. The van der Waals surface area contributed by atoms with E-state index in [9.17, 15) is 0 Å². The highest BCUT2D eigenvalue weighted by atomic mass is 16.5. The molecule has 0 saturated carbocycles. The summed E-state index contributed by atoms with van der Waals surface area (Å²) in [6.45, 7) is 0.936. The van der Waals surface area contributed by atoms with Crippen LogP contribution in [0.4, 0.5) is 0 Å². The Hall–Kier alpha value is -1.45. The highest BCUT2D eigenvalue weighted by molar-refractivity contribution is 5.82. The Morgan fingerprint density at radius 1 is 1.30 bits per heavy atom. The van der Waals surface area contributed by atoms with E-state index in [1.165, 1.54) is 23.8 Å². The molecule has 20 heavy (non-hydrogen) atoms. The second kappa shape index (κ2) is 6.33. The first-order valence-electron chi connectivity index (χ1n) is 7.55. The second-order valence-corrected chi connectivity index (χ2v) is 5.59. The molecule has 0 amide bonds. The van der Waals surface area contributed by atoms with Crippen molar-refractivity contribution >= 4 is 10.9 Å². The van der Waals surface area contributed by atoms with Gasteiger partial charge >= 0.3 is 0 Å². The molecular weight excluding hydrogens is 248 g/mol. The van der Waals surface area contributed by atoms with Crippen molar-refractivity contribution in [3.63, 3.8) is 0 Å². The van der Waals surface area contributed by atoms with E-state index in [-0.39, 0.29) is 6.04 Å². The number of ether oxygens (including phenoxy) is 1. The summed E-state index contributed by atoms with van der Waals surface area (Å²) in [6.07, 6.45) is 8.00. The molecule has 3 rings (SSSR count). The molecule has 1 aliphatic heterocycles. The highest BCUT2D eigenvalue weighted by Gasteiger charge is 2.16. The van der Waals surface area contributed by atoms with E-state index in [2.05, 4.69) is 17.1 Å².